The Balaban J connectivity index is 2.29. The first kappa shape index (κ1) is 13.3. The minimum absolute atomic E-state index is 0.237. The third kappa shape index (κ3) is 3.02. The molecule has 0 saturated carbocycles. The number of benzene rings is 1. The van der Waals surface area contributed by atoms with Gasteiger partial charge in [0, 0.05) is 5.69 Å². The molecule has 4 heteroatoms. The van der Waals surface area contributed by atoms with E-state index in [1.807, 2.05) is 54.9 Å². The van der Waals surface area contributed by atoms with Crippen molar-refractivity contribution in [2.24, 2.45) is 0 Å². The number of aromatic nitrogens is 2. The van der Waals surface area contributed by atoms with Crippen LogP contribution in [-0.2, 0) is 16.1 Å². The predicted molar refractivity (Wildman–Crippen MR) is 72.9 cm³/mol. The molecule has 0 saturated heterocycles. The molecule has 1 unspecified atom stereocenters. The average molecular weight is 258 g/mol. The molecule has 19 heavy (non-hydrogen) atoms. The molecule has 1 aromatic carbocycles. The van der Waals surface area contributed by atoms with Gasteiger partial charge in [-0.15, -0.1) is 0 Å². The molecule has 0 N–H and O–H groups in total. The zero-order valence-corrected chi connectivity index (χ0v) is 11.5. The van der Waals surface area contributed by atoms with Crippen LogP contribution in [0.1, 0.15) is 22.9 Å². The number of carbonyl (C=O) groups excluding carboxylic acids is 1. The van der Waals surface area contributed by atoms with E-state index in [1.54, 1.807) is 0 Å². The van der Waals surface area contributed by atoms with E-state index in [2.05, 4.69) is 5.10 Å². The highest BCUT2D eigenvalue weighted by Gasteiger charge is 2.22. The minimum Gasteiger partial charge on any atom is -0.468 e. The van der Waals surface area contributed by atoms with Gasteiger partial charge in [0.15, 0.2) is 0 Å². The van der Waals surface area contributed by atoms with Crippen molar-refractivity contribution >= 4 is 5.97 Å². The maximum atomic E-state index is 12.0. The van der Waals surface area contributed by atoms with E-state index in [9.17, 15) is 4.79 Å². The molecule has 0 spiro atoms. The molecule has 0 bridgehead atoms. The van der Waals surface area contributed by atoms with Gasteiger partial charge in [0.25, 0.3) is 0 Å². The molecule has 2 rings (SSSR count). The lowest BCUT2D eigenvalue weighted by atomic mass is 9.99. The summed E-state index contributed by atoms with van der Waals surface area (Å²) in [5, 5.41) is 4.40. The summed E-state index contributed by atoms with van der Waals surface area (Å²) in [7, 11) is 1.42. The van der Waals surface area contributed by atoms with Gasteiger partial charge in [0.2, 0.25) is 0 Å². The van der Waals surface area contributed by atoms with Crippen LogP contribution in [0.2, 0.25) is 0 Å². The number of esters is 1. The zero-order chi connectivity index (χ0) is 13.8. The topological polar surface area (TPSA) is 44.1 Å². The van der Waals surface area contributed by atoms with Crippen molar-refractivity contribution in [3.8, 4) is 0 Å². The minimum atomic E-state index is -0.329. The highest BCUT2D eigenvalue weighted by atomic mass is 16.5. The molecule has 100 valence electrons. The summed E-state index contributed by atoms with van der Waals surface area (Å²) < 4.78 is 6.76. The van der Waals surface area contributed by atoms with Crippen LogP contribution in [0.15, 0.2) is 36.4 Å². The van der Waals surface area contributed by atoms with Gasteiger partial charge >= 0.3 is 5.97 Å². The average Bonchev–Trinajstić information content (AvgIpc) is 2.74. The first-order chi connectivity index (χ1) is 9.11. The summed E-state index contributed by atoms with van der Waals surface area (Å²) in [5.41, 5.74) is 2.94. The van der Waals surface area contributed by atoms with Crippen molar-refractivity contribution in [3.05, 3.63) is 53.3 Å². The maximum absolute atomic E-state index is 12.0. The van der Waals surface area contributed by atoms with Gasteiger partial charge in [-0.25, -0.2) is 0 Å². The highest BCUT2D eigenvalue weighted by Crippen LogP contribution is 2.20. The van der Waals surface area contributed by atoms with Crippen LogP contribution >= 0.6 is 0 Å². The lowest BCUT2D eigenvalue weighted by Gasteiger charge is -2.16. The van der Waals surface area contributed by atoms with Crippen LogP contribution < -0.4 is 0 Å². The Kier molecular flexibility index (Phi) is 4.00. The third-order valence-electron chi connectivity index (χ3n) is 3.15. The molecular formula is C15H18N2O2. The lowest BCUT2D eigenvalue weighted by Crippen LogP contribution is -2.21. The predicted octanol–water partition coefficient (Wildman–Crippen LogP) is 2.46. The van der Waals surface area contributed by atoms with Crippen LogP contribution in [0, 0.1) is 13.8 Å². The standard InChI is InChI=1S/C15H18N2O2/c1-11-9-12(2)17(16-11)10-14(15(18)19-3)13-7-5-4-6-8-13/h4-9,14H,10H2,1-3H3. The Labute approximate surface area is 113 Å². The van der Waals surface area contributed by atoms with Gasteiger partial charge in [0.1, 0.15) is 5.92 Å². The fourth-order valence-corrected chi connectivity index (χ4v) is 2.18. The Morgan fingerprint density at radius 3 is 2.53 bits per heavy atom. The highest BCUT2D eigenvalue weighted by molar-refractivity contribution is 5.77. The molecule has 2 aromatic rings. The second-order valence-corrected chi connectivity index (χ2v) is 4.60. The van der Waals surface area contributed by atoms with E-state index in [0.717, 1.165) is 17.0 Å². The van der Waals surface area contributed by atoms with Crippen molar-refractivity contribution in [1.82, 2.24) is 9.78 Å². The fraction of sp³-hybridized carbons (Fsp3) is 0.333. The van der Waals surface area contributed by atoms with Gasteiger partial charge < -0.3 is 4.74 Å². The summed E-state index contributed by atoms with van der Waals surface area (Å²) in [4.78, 5) is 12.0. The number of aryl methyl sites for hydroxylation is 2. The second-order valence-electron chi connectivity index (χ2n) is 4.60. The van der Waals surface area contributed by atoms with Crippen LogP contribution in [0.3, 0.4) is 0 Å². The van der Waals surface area contributed by atoms with Crippen LogP contribution in [-0.4, -0.2) is 22.9 Å². The van der Waals surface area contributed by atoms with Gasteiger partial charge in [-0.2, -0.15) is 5.10 Å². The zero-order valence-electron chi connectivity index (χ0n) is 11.5. The Hall–Kier alpha value is -2.10. The quantitative estimate of drug-likeness (QED) is 0.791. The Morgan fingerprint density at radius 2 is 2.00 bits per heavy atom. The number of rotatable bonds is 4. The SMILES string of the molecule is COC(=O)C(Cn1nc(C)cc1C)c1ccccc1. The Morgan fingerprint density at radius 1 is 1.32 bits per heavy atom. The van der Waals surface area contributed by atoms with E-state index in [1.165, 1.54) is 7.11 Å². The number of hydrogen-bond acceptors (Lipinski definition) is 3. The van der Waals surface area contributed by atoms with Crippen LogP contribution in [0.4, 0.5) is 0 Å². The molecule has 1 atom stereocenters. The largest absolute Gasteiger partial charge is 0.468 e. The summed E-state index contributed by atoms with van der Waals surface area (Å²) in [6, 6.07) is 11.7. The maximum Gasteiger partial charge on any atom is 0.315 e. The molecule has 0 aliphatic rings. The smallest absolute Gasteiger partial charge is 0.315 e. The van der Waals surface area contributed by atoms with Crippen molar-refractivity contribution < 1.29 is 9.53 Å². The first-order valence-electron chi connectivity index (χ1n) is 6.25. The first-order valence-corrected chi connectivity index (χ1v) is 6.25. The molecule has 0 aliphatic carbocycles. The summed E-state index contributed by atoms with van der Waals surface area (Å²) in [5.74, 6) is -0.567. The number of carbonyl (C=O) groups is 1. The normalized spacial score (nSPS) is 12.2. The molecule has 0 fully saturated rings. The monoisotopic (exact) mass is 258 g/mol. The van der Waals surface area contributed by atoms with Crippen molar-refractivity contribution in [3.63, 3.8) is 0 Å². The molecule has 1 aromatic heterocycles. The lowest BCUT2D eigenvalue weighted by molar-refractivity contribution is -0.142. The van der Waals surface area contributed by atoms with Gasteiger partial charge in [0.05, 0.1) is 19.3 Å². The Bertz CT molecular complexity index is 561. The summed E-state index contributed by atoms with van der Waals surface area (Å²) >= 11 is 0. The molecule has 0 amide bonds. The van der Waals surface area contributed by atoms with E-state index >= 15 is 0 Å². The fourth-order valence-electron chi connectivity index (χ4n) is 2.18. The van der Waals surface area contributed by atoms with Crippen LogP contribution in [0.25, 0.3) is 0 Å². The number of nitrogens with zero attached hydrogens (tertiary/aromatic N) is 2. The molecule has 0 radical (unpaired) electrons. The van der Waals surface area contributed by atoms with Crippen molar-refractivity contribution in [1.29, 1.82) is 0 Å². The van der Waals surface area contributed by atoms with Gasteiger partial charge in [-0.3, -0.25) is 9.48 Å². The third-order valence-corrected chi connectivity index (χ3v) is 3.15. The van der Waals surface area contributed by atoms with E-state index in [-0.39, 0.29) is 11.9 Å². The van der Waals surface area contributed by atoms with E-state index in [0.29, 0.717) is 6.54 Å². The molecule has 4 nitrogen and oxygen atoms in total. The second kappa shape index (κ2) is 5.69. The molecule has 0 aliphatic heterocycles. The van der Waals surface area contributed by atoms with Gasteiger partial charge in [-0.05, 0) is 25.5 Å². The van der Waals surface area contributed by atoms with E-state index < -0.39 is 0 Å². The van der Waals surface area contributed by atoms with Crippen molar-refractivity contribution in [2.45, 2.75) is 26.3 Å². The van der Waals surface area contributed by atoms with Gasteiger partial charge in [-0.1, -0.05) is 30.3 Å². The summed E-state index contributed by atoms with van der Waals surface area (Å²) in [6.07, 6.45) is 0. The van der Waals surface area contributed by atoms with Crippen LogP contribution in [0.5, 0.6) is 0 Å². The molecule has 1 heterocycles. The number of ether oxygens (including phenoxy) is 1. The molecular weight excluding hydrogens is 240 g/mol. The van der Waals surface area contributed by atoms with E-state index in [4.69, 9.17) is 4.74 Å². The number of hydrogen-bond donors (Lipinski definition) is 0. The number of methoxy groups -OCH3 is 1. The van der Waals surface area contributed by atoms with Crippen molar-refractivity contribution in [2.75, 3.05) is 7.11 Å². The summed E-state index contributed by atoms with van der Waals surface area (Å²) in [6.45, 7) is 4.43.